The summed E-state index contributed by atoms with van der Waals surface area (Å²) in [5.74, 6) is 0.388. The minimum Gasteiger partial charge on any atom is -0.317 e. The molecule has 1 N–H and O–H groups in total. The number of nitrogens with zero attached hydrogens (tertiary/aromatic N) is 2. The van der Waals surface area contributed by atoms with E-state index in [0.717, 1.165) is 37.3 Å². The van der Waals surface area contributed by atoms with Gasteiger partial charge in [-0.2, -0.15) is 4.99 Å². The number of amides is 2. The molecule has 0 spiro atoms. The minimum absolute atomic E-state index is 0.0862. The smallest absolute Gasteiger partial charge is 0.317 e. The van der Waals surface area contributed by atoms with E-state index in [-0.39, 0.29) is 6.03 Å². The third-order valence-corrected chi connectivity index (χ3v) is 3.60. The van der Waals surface area contributed by atoms with E-state index in [1.807, 2.05) is 11.0 Å². The van der Waals surface area contributed by atoms with Gasteiger partial charge in [0.15, 0.2) is 0 Å². The lowest BCUT2D eigenvalue weighted by Crippen LogP contribution is -2.43. The lowest BCUT2D eigenvalue weighted by molar-refractivity contribution is 0.197. The first-order chi connectivity index (χ1) is 8.25. The molecule has 0 saturated carbocycles. The van der Waals surface area contributed by atoms with Gasteiger partial charge in [0.1, 0.15) is 0 Å². The molecule has 4 heteroatoms. The third-order valence-electron chi connectivity index (χ3n) is 3.60. The zero-order chi connectivity index (χ0) is 11.8. The molecule has 1 fully saturated rings. The molecular weight excluding hydrogens is 214 g/mol. The van der Waals surface area contributed by atoms with Crippen molar-refractivity contribution in [1.29, 1.82) is 0 Å². The standard InChI is InChI=1S/C13H17N3O/c1-9-2-3-11-12(8-9)16(13(17)15-11)10-4-6-14-7-5-10/h2-3,8-10,14H,4-7H2,1H3. The highest BCUT2D eigenvalue weighted by molar-refractivity contribution is 6.18. The highest BCUT2D eigenvalue weighted by atomic mass is 16.2. The first-order valence-electron chi connectivity index (χ1n) is 6.29. The van der Waals surface area contributed by atoms with Gasteiger partial charge in [0.2, 0.25) is 0 Å². The summed E-state index contributed by atoms with van der Waals surface area (Å²) in [4.78, 5) is 18.0. The monoisotopic (exact) mass is 231 g/mol. The van der Waals surface area contributed by atoms with E-state index in [1.165, 1.54) is 0 Å². The van der Waals surface area contributed by atoms with Crippen LogP contribution in [0.5, 0.6) is 0 Å². The number of urea groups is 1. The quantitative estimate of drug-likeness (QED) is 0.746. The predicted octanol–water partition coefficient (Wildman–Crippen LogP) is 1.70. The SMILES string of the molecule is CC1C=CC2=NC(=O)N(C3CCNCC3)C2=C1. The van der Waals surface area contributed by atoms with Crippen molar-refractivity contribution in [2.24, 2.45) is 10.9 Å². The van der Waals surface area contributed by atoms with Crippen molar-refractivity contribution < 1.29 is 4.79 Å². The van der Waals surface area contributed by atoms with Gasteiger partial charge in [-0.25, -0.2) is 4.79 Å². The van der Waals surface area contributed by atoms with Gasteiger partial charge >= 0.3 is 6.03 Å². The molecule has 0 aromatic carbocycles. The number of aliphatic imine (C=N–C) groups is 1. The second kappa shape index (κ2) is 4.11. The van der Waals surface area contributed by atoms with Crippen molar-refractivity contribution in [3.8, 4) is 0 Å². The number of fused-ring (bicyclic) bond motifs is 1. The van der Waals surface area contributed by atoms with Crippen molar-refractivity contribution >= 4 is 11.7 Å². The first kappa shape index (κ1) is 10.7. The summed E-state index contributed by atoms with van der Waals surface area (Å²) >= 11 is 0. The molecule has 90 valence electrons. The van der Waals surface area contributed by atoms with E-state index in [9.17, 15) is 4.79 Å². The minimum atomic E-state index is -0.0862. The Morgan fingerprint density at radius 3 is 2.94 bits per heavy atom. The Bertz CT molecular complexity index is 430. The average molecular weight is 231 g/mol. The lowest BCUT2D eigenvalue weighted by atomic mass is 9.98. The maximum Gasteiger partial charge on any atom is 0.348 e. The van der Waals surface area contributed by atoms with Crippen molar-refractivity contribution in [1.82, 2.24) is 10.2 Å². The summed E-state index contributed by atoms with van der Waals surface area (Å²) in [6.45, 7) is 4.11. The molecule has 0 aromatic heterocycles. The van der Waals surface area contributed by atoms with Gasteiger partial charge < -0.3 is 5.32 Å². The second-order valence-electron chi connectivity index (χ2n) is 4.90. The Morgan fingerprint density at radius 1 is 1.41 bits per heavy atom. The number of rotatable bonds is 1. The van der Waals surface area contributed by atoms with E-state index in [4.69, 9.17) is 0 Å². The van der Waals surface area contributed by atoms with E-state index in [1.54, 1.807) is 0 Å². The number of carbonyl (C=O) groups is 1. The molecule has 3 rings (SSSR count). The normalized spacial score (nSPS) is 29.1. The zero-order valence-corrected chi connectivity index (χ0v) is 10.0. The lowest BCUT2D eigenvalue weighted by Gasteiger charge is -2.32. The van der Waals surface area contributed by atoms with Crippen LogP contribution in [0.25, 0.3) is 0 Å². The average Bonchev–Trinajstić information content (AvgIpc) is 2.65. The Labute approximate surface area is 101 Å². The van der Waals surface area contributed by atoms with Crippen LogP contribution >= 0.6 is 0 Å². The van der Waals surface area contributed by atoms with Crippen LogP contribution < -0.4 is 5.32 Å². The molecule has 2 heterocycles. The summed E-state index contributed by atoms with van der Waals surface area (Å²) in [5.41, 5.74) is 1.86. The van der Waals surface area contributed by atoms with Gasteiger partial charge in [-0.1, -0.05) is 19.1 Å². The molecule has 4 nitrogen and oxygen atoms in total. The molecule has 2 amide bonds. The molecule has 0 aromatic rings. The Kier molecular flexibility index (Phi) is 2.59. The number of piperidine rings is 1. The van der Waals surface area contributed by atoms with E-state index in [2.05, 4.69) is 29.4 Å². The molecular formula is C13H17N3O. The maximum absolute atomic E-state index is 12.0. The van der Waals surface area contributed by atoms with Gasteiger partial charge in [0.05, 0.1) is 11.4 Å². The Balaban J connectivity index is 1.88. The fourth-order valence-electron chi connectivity index (χ4n) is 2.69. The highest BCUT2D eigenvalue weighted by Crippen LogP contribution is 2.28. The fraction of sp³-hybridized carbons (Fsp3) is 0.538. The van der Waals surface area contributed by atoms with Gasteiger partial charge in [0, 0.05) is 6.04 Å². The Morgan fingerprint density at radius 2 is 2.18 bits per heavy atom. The zero-order valence-electron chi connectivity index (χ0n) is 10.0. The molecule has 1 saturated heterocycles. The largest absolute Gasteiger partial charge is 0.348 e. The fourth-order valence-corrected chi connectivity index (χ4v) is 2.69. The molecule has 1 unspecified atom stereocenters. The van der Waals surface area contributed by atoms with Crippen molar-refractivity contribution in [3.05, 3.63) is 23.9 Å². The summed E-state index contributed by atoms with van der Waals surface area (Å²) in [6, 6.07) is 0.229. The van der Waals surface area contributed by atoms with Gasteiger partial charge in [-0.15, -0.1) is 0 Å². The number of hydrogen-bond acceptors (Lipinski definition) is 2. The van der Waals surface area contributed by atoms with Crippen LogP contribution in [0.2, 0.25) is 0 Å². The van der Waals surface area contributed by atoms with Crippen molar-refractivity contribution in [2.75, 3.05) is 13.1 Å². The molecule has 17 heavy (non-hydrogen) atoms. The number of hydrogen-bond donors (Lipinski definition) is 1. The van der Waals surface area contributed by atoms with Crippen LogP contribution in [0.15, 0.2) is 28.9 Å². The molecule has 0 radical (unpaired) electrons. The number of carbonyl (C=O) groups excluding carboxylic acids is 1. The number of nitrogens with one attached hydrogen (secondary N) is 1. The van der Waals surface area contributed by atoms with Gasteiger partial charge in [-0.05, 0) is 37.9 Å². The van der Waals surface area contributed by atoms with E-state index in [0.29, 0.717) is 12.0 Å². The summed E-state index contributed by atoms with van der Waals surface area (Å²) < 4.78 is 0. The molecule has 1 atom stereocenters. The molecule has 2 aliphatic heterocycles. The topological polar surface area (TPSA) is 44.7 Å². The van der Waals surface area contributed by atoms with Gasteiger partial charge in [-0.3, -0.25) is 4.90 Å². The van der Waals surface area contributed by atoms with Crippen LogP contribution in [-0.4, -0.2) is 35.8 Å². The maximum atomic E-state index is 12.0. The molecule has 1 aliphatic carbocycles. The first-order valence-corrected chi connectivity index (χ1v) is 6.29. The van der Waals surface area contributed by atoms with Crippen LogP contribution in [-0.2, 0) is 0 Å². The van der Waals surface area contributed by atoms with E-state index >= 15 is 0 Å². The van der Waals surface area contributed by atoms with Crippen LogP contribution in [0.3, 0.4) is 0 Å². The summed E-state index contributed by atoms with van der Waals surface area (Å²) in [7, 11) is 0. The second-order valence-corrected chi connectivity index (χ2v) is 4.90. The predicted molar refractivity (Wildman–Crippen MR) is 66.9 cm³/mol. The van der Waals surface area contributed by atoms with Crippen LogP contribution in [0.1, 0.15) is 19.8 Å². The van der Waals surface area contributed by atoms with E-state index < -0.39 is 0 Å². The van der Waals surface area contributed by atoms with Crippen molar-refractivity contribution in [3.63, 3.8) is 0 Å². The highest BCUT2D eigenvalue weighted by Gasteiger charge is 2.35. The summed E-state index contributed by atoms with van der Waals surface area (Å²) in [5, 5.41) is 3.32. The van der Waals surface area contributed by atoms with Gasteiger partial charge in [0.25, 0.3) is 0 Å². The van der Waals surface area contributed by atoms with Crippen molar-refractivity contribution in [2.45, 2.75) is 25.8 Å². The Hall–Kier alpha value is -1.42. The summed E-state index contributed by atoms with van der Waals surface area (Å²) in [6.07, 6.45) is 8.24. The van der Waals surface area contributed by atoms with Crippen LogP contribution in [0.4, 0.5) is 4.79 Å². The molecule has 3 aliphatic rings. The van der Waals surface area contributed by atoms with Crippen LogP contribution in [0, 0.1) is 5.92 Å². The third kappa shape index (κ3) is 1.82. The molecule has 0 bridgehead atoms. The number of allylic oxidation sites excluding steroid dienone is 3.